The van der Waals surface area contributed by atoms with Crippen molar-refractivity contribution in [2.75, 3.05) is 20.3 Å². The van der Waals surface area contributed by atoms with E-state index >= 15 is 0 Å². The second-order valence-corrected chi connectivity index (χ2v) is 2.79. The van der Waals surface area contributed by atoms with E-state index in [1.165, 1.54) is 0 Å². The summed E-state index contributed by atoms with van der Waals surface area (Å²) < 4.78 is 10.2. The SMILES string of the molecule is CO[C@H](C=O)C1CCOCC1. The van der Waals surface area contributed by atoms with E-state index in [4.69, 9.17) is 9.47 Å². The fraction of sp³-hybridized carbons (Fsp3) is 0.875. The van der Waals surface area contributed by atoms with Crippen LogP contribution in [0.5, 0.6) is 0 Å². The van der Waals surface area contributed by atoms with Crippen LogP contribution >= 0.6 is 0 Å². The summed E-state index contributed by atoms with van der Waals surface area (Å²) in [6, 6.07) is 0. The Labute approximate surface area is 66.7 Å². The minimum Gasteiger partial charge on any atom is -0.381 e. The van der Waals surface area contributed by atoms with Crippen LogP contribution in [0.1, 0.15) is 12.8 Å². The van der Waals surface area contributed by atoms with Crippen molar-refractivity contribution in [3.05, 3.63) is 0 Å². The first kappa shape index (κ1) is 8.68. The lowest BCUT2D eigenvalue weighted by molar-refractivity contribution is -0.121. The lowest BCUT2D eigenvalue weighted by Gasteiger charge is -2.25. The van der Waals surface area contributed by atoms with Crippen LogP contribution in [0.15, 0.2) is 0 Å². The lowest BCUT2D eigenvalue weighted by atomic mass is 9.95. The smallest absolute Gasteiger partial charge is 0.149 e. The summed E-state index contributed by atoms with van der Waals surface area (Å²) in [5.74, 6) is 0.367. The highest BCUT2D eigenvalue weighted by molar-refractivity contribution is 5.56. The highest BCUT2D eigenvalue weighted by Crippen LogP contribution is 2.19. The van der Waals surface area contributed by atoms with Crippen LogP contribution in [0.4, 0.5) is 0 Å². The van der Waals surface area contributed by atoms with Crippen LogP contribution in [-0.2, 0) is 14.3 Å². The molecular formula is C8H14O3. The highest BCUT2D eigenvalue weighted by Gasteiger charge is 2.22. The van der Waals surface area contributed by atoms with Gasteiger partial charge in [-0.3, -0.25) is 0 Å². The summed E-state index contributed by atoms with van der Waals surface area (Å²) in [7, 11) is 1.58. The highest BCUT2D eigenvalue weighted by atomic mass is 16.5. The normalized spacial score (nSPS) is 23.0. The summed E-state index contributed by atoms with van der Waals surface area (Å²) in [5.41, 5.74) is 0. The van der Waals surface area contributed by atoms with Crippen molar-refractivity contribution in [3.63, 3.8) is 0 Å². The second kappa shape index (κ2) is 4.46. The first-order valence-corrected chi connectivity index (χ1v) is 3.94. The van der Waals surface area contributed by atoms with Crippen LogP contribution < -0.4 is 0 Å². The second-order valence-electron chi connectivity index (χ2n) is 2.79. The maximum Gasteiger partial charge on any atom is 0.149 e. The Morgan fingerprint density at radius 3 is 2.64 bits per heavy atom. The predicted molar refractivity (Wildman–Crippen MR) is 40.4 cm³/mol. The molecule has 3 nitrogen and oxygen atoms in total. The number of carbonyl (C=O) groups excluding carboxylic acids is 1. The number of carbonyl (C=O) groups is 1. The topological polar surface area (TPSA) is 35.5 Å². The van der Waals surface area contributed by atoms with Gasteiger partial charge in [0, 0.05) is 20.3 Å². The van der Waals surface area contributed by atoms with Crippen LogP contribution in [0.2, 0.25) is 0 Å². The molecule has 0 spiro atoms. The number of hydrogen-bond acceptors (Lipinski definition) is 3. The third kappa shape index (κ3) is 2.27. The van der Waals surface area contributed by atoms with Crippen LogP contribution in [0.3, 0.4) is 0 Å². The molecule has 0 aromatic rings. The van der Waals surface area contributed by atoms with E-state index in [0.717, 1.165) is 32.3 Å². The van der Waals surface area contributed by atoms with Crippen molar-refractivity contribution < 1.29 is 14.3 Å². The standard InChI is InChI=1S/C8H14O3/c1-10-8(6-9)7-2-4-11-5-3-7/h6-8H,2-5H2,1H3/t8-/m1/s1. The molecule has 1 aliphatic heterocycles. The van der Waals surface area contributed by atoms with E-state index < -0.39 is 0 Å². The van der Waals surface area contributed by atoms with Crippen LogP contribution in [0.25, 0.3) is 0 Å². The molecule has 0 unspecified atom stereocenters. The minimum atomic E-state index is -0.223. The number of aldehydes is 1. The van der Waals surface area contributed by atoms with Gasteiger partial charge in [0.25, 0.3) is 0 Å². The van der Waals surface area contributed by atoms with Gasteiger partial charge in [0.15, 0.2) is 0 Å². The Morgan fingerprint density at radius 2 is 2.18 bits per heavy atom. The lowest BCUT2D eigenvalue weighted by Crippen LogP contribution is -2.29. The molecule has 3 heteroatoms. The first-order valence-electron chi connectivity index (χ1n) is 3.94. The molecule has 0 saturated carbocycles. The molecule has 0 aromatic heterocycles. The molecule has 1 aliphatic rings. The van der Waals surface area contributed by atoms with Crippen molar-refractivity contribution in [1.29, 1.82) is 0 Å². The molecule has 64 valence electrons. The molecule has 1 atom stereocenters. The van der Waals surface area contributed by atoms with E-state index in [-0.39, 0.29) is 6.10 Å². The summed E-state index contributed by atoms with van der Waals surface area (Å²) >= 11 is 0. The van der Waals surface area contributed by atoms with E-state index in [9.17, 15) is 4.79 Å². The van der Waals surface area contributed by atoms with Crippen molar-refractivity contribution in [2.45, 2.75) is 18.9 Å². The Balaban J connectivity index is 2.35. The first-order chi connectivity index (χ1) is 5.38. The van der Waals surface area contributed by atoms with Crippen LogP contribution in [-0.4, -0.2) is 32.7 Å². The van der Waals surface area contributed by atoms with Gasteiger partial charge in [0.2, 0.25) is 0 Å². The van der Waals surface area contributed by atoms with Crippen molar-refractivity contribution in [3.8, 4) is 0 Å². The quantitative estimate of drug-likeness (QED) is 0.565. The molecule has 0 N–H and O–H groups in total. The molecular weight excluding hydrogens is 144 g/mol. The summed E-state index contributed by atoms with van der Waals surface area (Å²) in [4.78, 5) is 10.5. The maximum absolute atomic E-state index is 10.5. The zero-order chi connectivity index (χ0) is 8.10. The molecule has 11 heavy (non-hydrogen) atoms. The van der Waals surface area contributed by atoms with E-state index in [1.807, 2.05) is 0 Å². The third-order valence-corrected chi connectivity index (χ3v) is 2.14. The number of hydrogen-bond donors (Lipinski definition) is 0. The average Bonchev–Trinajstić information content (AvgIpc) is 2.09. The van der Waals surface area contributed by atoms with Gasteiger partial charge in [-0.25, -0.2) is 0 Å². The number of methoxy groups -OCH3 is 1. The molecule has 1 heterocycles. The summed E-state index contributed by atoms with van der Waals surface area (Å²) in [6.07, 6.45) is 2.55. The maximum atomic E-state index is 10.5. The van der Waals surface area contributed by atoms with Gasteiger partial charge >= 0.3 is 0 Å². The van der Waals surface area contributed by atoms with Gasteiger partial charge in [-0.15, -0.1) is 0 Å². The molecule has 1 fully saturated rings. The zero-order valence-electron chi connectivity index (χ0n) is 6.79. The van der Waals surface area contributed by atoms with Gasteiger partial charge in [0.1, 0.15) is 12.4 Å². The fourth-order valence-corrected chi connectivity index (χ4v) is 1.40. The zero-order valence-corrected chi connectivity index (χ0v) is 6.79. The molecule has 0 aromatic carbocycles. The third-order valence-electron chi connectivity index (χ3n) is 2.14. The fourth-order valence-electron chi connectivity index (χ4n) is 1.40. The number of rotatable bonds is 3. The molecule has 1 rings (SSSR count). The Kier molecular flexibility index (Phi) is 3.52. The van der Waals surface area contributed by atoms with Crippen LogP contribution in [0, 0.1) is 5.92 Å². The molecule has 1 saturated heterocycles. The number of ether oxygens (including phenoxy) is 2. The Hall–Kier alpha value is -0.410. The molecule has 0 radical (unpaired) electrons. The minimum absolute atomic E-state index is 0.223. The Morgan fingerprint density at radius 1 is 1.55 bits per heavy atom. The van der Waals surface area contributed by atoms with Gasteiger partial charge in [0.05, 0.1) is 0 Å². The molecule has 0 aliphatic carbocycles. The van der Waals surface area contributed by atoms with Crippen molar-refractivity contribution in [1.82, 2.24) is 0 Å². The van der Waals surface area contributed by atoms with Crippen molar-refractivity contribution >= 4 is 6.29 Å². The van der Waals surface area contributed by atoms with E-state index in [0.29, 0.717) is 5.92 Å². The van der Waals surface area contributed by atoms with Gasteiger partial charge in [-0.2, -0.15) is 0 Å². The molecule has 0 amide bonds. The van der Waals surface area contributed by atoms with Gasteiger partial charge in [-0.1, -0.05) is 0 Å². The van der Waals surface area contributed by atoms with Gasteiger partial charge in [-0.05, 0) is 18.8 Å². The van der Waals surface area contributed by atoms with E-state index in [2.05, 4.69) is 0 Å². The average molecular weight is 158 g/mol. The summed E-state index contributed by atoms with van der Waals surface area (Å²) in [6.45, 7) is 1.52. The Bertz CT molecular complexity index is 119. The summed E-state index contributed by atoms with van der Waals surface area (Å²) in [5, 5.41) is 0. The van der Waals surface area contributed by atoms with Gasteiger partial charge < -0.3 is 14.3 Å². The van der Waals surface area contributed by atoms with Crippen molar-refractivity contribution in [2.24, 2.45) is 5.92 Å². The van der Waals surface area contributed by atoms with E-state index in [1.54, 1.807) is 7.11 Å². The monoisotopic (exact) mass is 158 g/mol. The largest absolute Gasteiger partial charge is 0.381 e. The predicted octanol–water partition coefficient (Wildman–Crippen LogP) is 0.627. The molecule has 0 bridgehead atoms.